The van der Waals surface area contributed by atoms with E-state index in [9.17, 15) is 14.4 Å². The van der Waals surface area contributed by atoms with Gasteiger partial charge in [-0.25, -0.2) is 9.59 Å². The molecule has 0 saturated carbocycles. The highest BCUT2D eigenvalue weighted by Gasteiger charge is 2.29. The van der Waals surface area contributed by atoms with Gasteiger partial charge in [-0.1, -0.05) is 18.2 Å². The number of carbonyl (C=O) groups excluding carboxylic acids is 3. The average molecular weight is 411 g/mol. The molecular formula is C23H25NO6. The number of para-hydroxylation sites is 1. The van der Waals surface area contributed by atoms with Crippen LogP contribution in [-0.4, -0.2) is 43.7 Å². The van der Waals surface area contributed by atoms with Crippen LogP contribution in [-0.2, 0) is 20.7 Å². The Kier molecular flexibility index (Phi) is 6.72. The Hall–Kier alpha value is -3.35. The van der Waals surface area contributed by atoms with Gasteiger partial charge in [0.2, 0.25) is 0 Å². The first kappa shape index (κ1) is 21.4. The smallest absolute Gasteiger partial charge is 0.338 e. The van der Waals surface area contributed by atoms with Gasteiger partial charge in [0.15, 0.2) is 6.10 Å². The predicted octanol–water partition coefficient (Wildman–Crippen LogP) is 3.40. The van der Waals surface area contributed by atoms with Crippen LogP contribution in [0.25, 0.3) is 0 Å². The minimum atomic E-state index is -0.816. The lowest BCUT2D eigenvalue weighted by atomic mass is 10.1. The fourth-order valence-electron chi connectivity index (χ4n) is 3.37. The number of amides is 1. The molecule has 7 nitrogen and oxygen atoms in total. The van der Waals surface area contributed by atoms with E-state index >= 15 is 0 Å². The average Bonchev–Trinajstić information content (AvgIpc) is 3.17. The van der Waals surface area contributed by atoms with Gasteiger partial charge in [0, 0.05) is 12.2 Å². The van der Waals surface area contributed by atoms with Crippen LogP contribution in [0, 0.1) is 0 Å². The molecule has 30 heavy (non-hydrogen) atoms. The highest BCUT2D eigenvalue weighted by atomic mass is 16.5. The molecule has 3 rings (SSSR count). The maximum absolute atomic E-state index is 13.0. The van der Waals surface area contributed by atoms with Crippen LogP contribution >= 0.6 is 0 Å². The topological polar surface area (TPSA) is 82.1 Å². The summed E-state index contributed by atoms with van der Waals surface area (Å²) in [6.07, 6.45) is -0.0244. The number of carbonyl (C=O) groups is 3. The van der Waals surface area contributed by atoms with Crippen LogP contribution in [0.2, 0.25) is 0 Å². The van der Waals surface area contributed by atoms with E-state index in [1.165, 1.54) is 18.2 Å². The number of rotatable bonds is 7. The third-order valence-corrected chi connectivity index (χ3v) is 4.74. The van der Waals surface area contributed by atoms with Crippen molar-refractivity contribution in [2.24, 2.45) is 0 Å². The van der Waals surface area contributed by atoms with Crippen molar-refractivity contribution < 1.29 is 28.6 Å². The number of nitrogens with zero attached hydrogens (tertiary/aromatic N) is 1. The molecule has 1 amide bonds. The lowest BCUT2D eigenvalue weighted by Crippen LogP contribution is -2.39. The van der Waals surface area contributed by atoms with Gasteiger partial charge >= 0.3 is 11.9 Å². The molecule has 1 aliphatic rings. The van der Waals surface area contributed by atoms with E-state index < -0.39 is 18.0 Å². The lowest BCUT2D eigenvalue weighted by Gasteiger charge is -2.22. The van der Waals surface area contributed by atoms with Crippen molar-refractivity contribution in [3.8, 4) is 5.75 Å². The molecule has 1 atom stereocenters. The summed E-state index contributed by atoms with van der Waals surface area (Å²) < 4.78 is 15.9. The largest absolute Gasteiger partial charge is 0.481 e. The molecule has 2 aromatic rings. The van der Waals surface area contributed by atoms with Crippen LogP contribution in [0.3, 0.4) is 0 Å². The van der Waals surface area contributed by atoms with E-state index in [0.29, 0.717) is 6.54 Å². The van der Waals surface area contributed by atoms with Gasteiger partial charge in [0.25, 0.3) is 5.91 Å². The van der Waals surface area contributed by atoms with Gasteiger partial charge in [-0.15, -0.1) is 0 Å². The van der Waals surface area contributed by atoms with Gasteiger partial charge in [0.1, 0.15) is 5.75 Å². The van der Waals surface area contributed by atoms with E-state index in [1.54, 1.807) is 25.7 Å². The molecule has 7 heteroatoms. The van der Waals surface area contributed by atoms with Crippen molar-refractivity contribution in [2.75, 3.05) is 24.7 Å². The summed E-state index contributed by atoms with van der Waals surface area (Å²) in [5, 5.41) is 0. The third kappa shape index (κ3) is 4.62. The van der Waals surface area contributed by atoms with E-state index in [-0.39, 0.29) is 36.0 Å². The standard InChI is InChI=1S/C23H25NO6/c1-4-28-22(26)17-12-18(23(27)29-5-2)14-19(13-17)30-15(3)21(25)24-11-10-16-8-6-7-9-20(16)24/h6-9,12-15H,4-5,10-11H2,1-3H3/t15-/m0/s1. The van der Waals surface area contributed by atoms with Crippen molar-refractivity contribution >= 4 is 23.5 Å². The van der Waals surface area contributed by atoms with E-state index in [1.807, 2.05) is 24.3 Å². The molecule has 0 fully saturated rings. The molecule has 0 radical (unpaired) electrons. The van der Waals surface area contributed by atoms with Crippen LogP contribution in [0.5, 0.6) is 5.75 Å². The molecule has 0 aromatic heterocycles. The summed E-state index contributed by atoms with van der Waals surface area (Å²) in [7, 11) is 0. The first-order chi connectivity index (χ1) is 14.4. The molecule has 0 saturated heterocycles. The quantitative estimate of drug-likeness (QED) is 0.650. The fourth-order valence-corrected chi connectivity index (χ4v) is 3.37. The second-order valence-corrected chi connectivity index (χ2v) is 6.82. The van der Waals surface area contributed by atoms with Crippen molar-refractivity contribution in [3.63, 3.8) is 0 Å². The predicted molar refractivity (Wildman–Crippen MR) is 111 cm³/mol. The van der Waals surface area contributed by atoms with Gasteiger partial charge in [0.05, 0.1) is 24.3 Å². The van der Waals surface area contributed by atoms with Gasteiger partial charge < -0.3 is 19.1 Å². The van der Waals surface area contributed by atoms with Crippen LogP contribution in [0.15, 0.2) is 42.5 Å². The van der Waals surface area contributed by atoms with Crippen molar-refractivity contribution in [1.29, 1.82) is 0 Å². The number of hydrogen-bond donors (Lipinski definition) is 0. The molecule has 0 N–H and O–H groups in total. The van der Waals surface area contributed by atoms with E-state index in [4.69, 9.17) is 14.2 Å². The first-order valence-electron chi connectivity index (χ1n) is 9.99. The van der Waals surface area contributed by atoms with E-state index in [0.717, 1.165) is 17.7 Å². The Morgan fingerprint density at radius 1 is 0.967 bits per heavy atom. The van der Waals surface area contributed by atoms with Gasteiger partial charge in [-0.2, -0.15) is 0 Å². The number of fused-ring (bicyclic) bond motifs is 1. The van der Waals surface area contributed by atoms with Crippen molar-refractivity contribution in [1.82, 2.24) is 0 Å². The number of anilines is 1. The van der Waals surface area contributed by atoms with Gasteiger partial charge in [-0.05, 0) is 57.0 Å². The van der Waals surface area contributed by atoms with Crippen LogP contribution in [0.4, 0.5) is 5.69 Å². The Bertz CT molecular complexity index is 918. The minimum absolute atomic E-state index is 0.156. The first-order valence-corrected chi connectivity index (χ1v) is 9.99. The van der Waals surface area contributed by atoms with Crippen molar-refractivity contribution in [2.45, 2.75) is 33.3 Å². The zero-order valence-electron chi connectivity index (χ0n) is 17.3. The Morgan fingerprint density at radius 3 is 2.17 bits per heavy atom. The molecule has 0 spiro atoms. The lowest BCUT2D eigenvalue weighted by molar-refractivity contribution is -0.124. The summed E-state index contributed by atoms with van der Waals surface area (Å²) in [5.74, 6) is -1.14. The Balaban J connectivity index is 1.83. The minimum Gasteiger partial charge on any atom is -0.481 e. The fraction of sp³-hybridized carbons (Fsp3) is 0.348. The number of ether oxygens (including phenoxy) is 3. The summed E-state index contributed by atoms with van der Waals surface area (Å²) >= 11 is 0. The normalized spacial score (nSPS) is 13.4. The third-order valence-electron chi connectivity index (χ3n) is 4.74. The molecule has 1 aliphatic heterocycles. The summed E-state index contributed by atoms with van der Waals surface area (Å²) in [5.41, 5.74) is 2.31. The molecule has 0 unspecified atom stereocenters. The summed E-state index contributed by atoms with van der Waals surface area (Å²) in [6, 6.07) is 12.1. The van der Waals surface area contributed by atoms with Gasteiger partial charge in [-0.3, -0.25) is 4.79 Å². The van der Waals surface area contributed by atoms with Crippen LogP contribution < -0.4 is 9.64 Å². The maximum Gasteiger partial charge on any atom is 0.338 e. The second kappa shape index (κ2) is 9.43. The molecular weight excluding hydrogens is 386 g/mol. The van der Waals surface area contributed by atoms with Crippen molar-refractivity contribution in [3.05, 3.63) is 59.2 Å². The van der Waals surface area contributed by atoms with Crippen LogP contribution in [0.1, 0.15) is 47.1 Å². The highest BCUT2D eigenvalue weighted by Crippen LogP contribution is 2.29. The highest BCUT2D eigenvalue weighted by molar-refractivity contribution is 5.99. The Morgan fingerprint density at radius 2 is 1.57 bits per heavy atom. The molecule has 1 heterocycles. The summed E-state index contributed by atoms with van der Waals surface area (Å²) in [4.78, 5) is 39.0. The zero-order valence-corrected chi connectivity index (χ0v) is 17.3. The molecule has 0 bridgehead atoms. The molecule has 2 aromatic carbocycles. The summed E-state index contributed by atoms with van der Waals surface area (Å²) in [6.45, 7) is 6.01. The Labute approximate surface area is 175 Å². The number of esters is 2. The second-order valence-electron chi connectivity index (χ2n) is 6.82. The SMILES string of the molecule is CCOC(=O)c1cc(O[C@@H](C)C(=O)N2CCc3ccccc32)cc(C(=O)OCC)c1. The maximum atomic E-state index is 13.0. The molecule has 158 valence electrons. The number of hydrogen-bond acceptors (Lipinski definition) is 6. The zero-order chi connectivity index (χ0) is 21.7. The monoisotopic (exact) mass is 411 g/mol. The molecule has 0 aliphatic carbocycles. The van der Waals surface area contributed by atoms with E-state index in [2.05, 4.69) is 0 Å². The number of benzene rings is 2.